The molecule has 0 heterocycles. The summed E-state index contributed by atoms with van der Waals surface area (Å²) < 4.78 is 0. The van der Waals surface area contributed by atoms with Gasteiger partial charge >= 0.3 is 0 Å². The van der Waals surface area contributed by atoms with Crippen molar-refractivity contribution in [1.82, 2.24) is 4.90 Å². The van der Waals surface area contributed by atoms with Crippen LogP contribution in [0.15, 0.2) is 0 Å². The van der Waals surface area contributed by atoms with E-state index in [0.29, 0.717) is 0 Å². The lowest BCUT2D eigenvalue weighted by atomic mass is 10.1. The van der Waals surface area contributed by atoms with E-state index < -0.39 is 0 Å². The van der Waals surface area contributed by atoms with Crippen molar-refractivity contribution in [2.24, 2.45) is 0 Å². The van der Waals surface area contributed by atoms with Crippen LogP contribution in [0.1, 0.15) is 90.9 Å². The fraction of sp³-hybridized carbons (Fsp3) is 0.944. The molecular formula is C18H40N. The smallest absolute Gasteiger partial charge is 0.00248 e. The first-order valence-corrected chi connectivity index (χ1v) is 8.62. The standard InChI is InChI=1S/C14H31N.C4H9/c1-4-5-6-7-8-9-10-11-12-13-14-15(2)3;1-3-4-2/h4-14H2,1-3H3;1,3-4H2,2H3. The summed E-state index contributed by atoms with van der Waals surface area (Å²) in [5.41, 5.74) is 0. The average molecular weight is 271 g/mol. The summed E-state index contributed by atoms with van der Waals surface area (Å²) in [5, 5.41) is 0. The molecular weight excluding hydrogens is 230 g/mol. The zero-order chi connectivity index (χ0) is 14.8. The topological polar surface area (TPSA) is 3.24 Å². The van der Waals surface area contributed by atoms with E-state index in [1.165, 1.54) is 77.2 Å². The van der Waals surface area contributed by atoms with Crippen LogP contribution in [0.3, 0.4) is 0 Å². The van der Waals surface area contributed by atoms with Crippen molar-refractivity contribution in [3.63, 3.8) is 0 Å². The molecule has 0 aromatic heterocycles. The van der Waals surface area contributed by atoms with Crippen molar-refractivity contribution in [2.45, 2.75) is 90.9 Å². The Morgan fingerprint density at radius 1 is 0.632 bits per heavy atom. The maximum atomic E-state index is 3.60. The van der Waals surface area contributed by atoms with Crippen molar-refractivity contribution in [3.8, 4) is 0 Å². The summed E-state index contributed by atoms with van der Waals surface area (Å²) in [6, 6.07) is 0. The Hall–Kier alpha value is -0.0400. The monoisotopic (exact) mass is 270 g/mol. The molecule has 0 bridgehead atoms. The molecule has 0 unspecified atom stereocenters. The molecule has 0 aliphatic heterocycles. The van der Waals surface area contributed by atoms with Gasteiger partial charge in [-0.25, -0.2) is 0 Å². The van der Waals surface area contributed by atoms with Gasteiger partial charge in [0.15, 0.2) is 0 Å². The molecule has 19 heavy (non-hydrogen) atoms. The highest BCUT2D eigenvalue weighted by Gasteiger charge is 1.93. The van der Waals surface area contributed by atoms with E-state index >= 15 is 0 Å². The van der Waals surface area contributed by atoms with Crippen molar-refractivity contribution in [3.05, 3.63) is 6.92 Å². The number of hydrogen-bond donors (Lipinski definition) is 0. The molecule has 0 aromatic carbocycles. The number of unbranched alkanes of at least 4 members (excludes halogenated alkanes) is 10. The van der Waals surface area contributed by atoms with E-state index in [9.17, 15) is 0 Å². The lowest BCUT2D eigenvalue weighted by Crippen LogP contribution is -2.12. The maximum Gasteiger partial charge on any atom is -0.00248 e. The average Bonchev–Trinajstić information content (AvgIpc) is 2.41. The van der Waals surface area contributed by atoms with E-state index in [1.807, 2.05) is 0 Å². The van der Waals surface area contributed by atoms with Gasteiger partial charge in [-0.2, -0.15) is 0 Å². The van der Waals surface area contributed by atoms with Gasteiger partial charge in [-0.1, -0.05) is 91.4 Å². The van der Waals surface area contributed by atoms with E-state index in [0.717, 1.165) is 6.42 Å². The van der Waals surface area contributed by atoms with Gasteiger partial charge in [-0.05, 0) is 27.1 Å². The highest BCUT2D eigenvalue weighted by atomic mass is 15.0. The zero-order valence-corrected chi connectivity index (χ0v) is 14.3. The number of nitrogens with zero attached hydrogens (tertiary/aromatic N) is 1. The summed E-state index contributed by atoms with van der Waals surface area (Å²) in [6.45, 7) is 9.27. The Balaban J connectivity index is 0. The Bertz CT molecular complexity index is 130. The molecule has 117 valence electrons. The molecule has 1 radical (unpaired) electrons. The second kappa shape index (κ2) is 20.3. The highest BCUT2D eigenvalue weighted by molar-refractivity contribution is 4.49. The molecule has 0 atom stereocenters. The molecule has 0 rings (SSSR count). The molecule has 1 heteroatoms. The summed E-state index contributed by atoms with van der Waals surface area (Å²) in [6.07, 6.45) is 16.6. The quantitative estimate of drug-likeness (QED) is 0.388. The molecule has 0 amide bonds. The Kier molecular flexibility index (Phi) is 22.7. The van der Waals surface area contributed by atoms with Crippen LogP contribution in [0.5, 0.6) is 0 Å². The lowest BCUT2D eigenvalue weighted by molar-refractivity contribution is 0.389. The maximum absolute atomic E-state index is 3.60. The van der Waals surface area contributed by atoms with Gasteiger partial charge < -0.3 is 4.90 Å². The Morgan fingerprint density at radius 3 is 1.32 bits per heavy atom. The van der Waals surface area contributed by atoms with Crippen LogP contribution in [-0.2, 0) is 0 Å². The summed E-state index contributed by atoms with van der Waals surface area (Å²) in [4.78, 5) is 2.28. The minimum absolute atomic E-state index is 1.07. The lowest BCUT2D eigenvalue weighted by Gasteiger charge is -2.08. The van der Waals surface area contributed by atoms with Crippen LogP contribution in [-0.4, -0.2) is 25.5 Å². The summed E-state index contributed by atoms with van der Waals surface area (Å²) >= 11 is 0. The van der Waals surface area contributed by atoms with Crippen molar-refractivity contribution >= 4 is 0 Å². The molecule has 0 saturated carbocycles. The first-order valence-electron chi connectivity index (χ1n) is 8.62. The van der Waals surface area contributed by atoms with Gasteiger partial charge in [-0.15, -0.1) is 0 Å². The third-order valence-electron chi connectivity index (χ3n) is 3.31. The van der Waals surface area contributed by atoms with E-state index in [4.69, 9.17) is 0 Å². The predicted octanol–water partition coefficient (Wildman–Crippen LogP) is 6.09. The van der Waals surface area contributed by atoms with Crippen LogP contribution in [0.4, 0.5) is 0 Å². The first kappa shape index (κ1) is 21.3. The van der Waals surface area contributed by atoms with Crippen LogP contribution >= 0.6 is 0 Å². The van der Waals surface area contributed by atoms with Crippen molar-refractivity contribution < 1.29 is 0 Å². The molecule has 0 saturated heterocycles. The van der Waals surface area contributed by atoms with Gasteiger partial charge in [0, 0.05) is 0 Å². The fourth-order valence-corrected chi connectivity index (χ4v) is 1.92. The molecule has 0 N–H and O–H groups in total. The van der Waals surface area contributed by atoms with Gasteiger partial charge in [-0.3, -0.25) is 0 Å². The summed E-state index contributed by atoms with van der Waals surface area (Å²) in [7, 11) is 4.32. The molecule has 0 fully saturated rings. The predicted molar refractivity (Wildman–Crippen MR) is 90.7 cm³/mol. The van der Waals surface area contributed by atoms with Crippen LogP contribution in [0.2, 0.25) is 0 Å². The molecule has 1 nitrogen and oxygen atoms in total. The van der Waals surface area contributed by atoms with E-state index in [1.54, 1.807) is 0 Å². The largest absolute Gasteiger partial charge is 0.309 e. The molecule has 0 spiro atoms. The van der Waals surface area contributed by atoms with Crippen molar-refractivity contribution in [2.75, 3.05) is 20.6 Å². The minimum Gasteiger partial charge on any atom is -0.309 e. The van der Waals surface area contributed by atoms with Crippen LogP contribution in [0, 0.1) is 6.92 Å². The van der Waals surface area contributed by atoms with E-state index in [-0.39, 0.29) is 0 Å². The first-order chi connectivity index (χ1) is 9.18. The van der Waals surface area contributed by atoms with Crippen LogP contribution in [0.25, 0.3) is 0 Å². The second-order valence-corrected chi connectivity index (χ2v) is 5.84. The Labute approximate surface area is 124 Å². The molecule has 0 aliphatic rings. The van der Waals surface area contributed by atoms with Gasteiger partial charge in [0.05, 0.1) is 0 Å². The second-order valence-electron chi connectivity index (χ2n) is 5.84. The minimum atomic E-state index is 1.07. The van der Waals surface area contributed by atoms with Crippen molar-refractivity contribution in [1.29, 1.82) is 0 Å². The molecule has 0 aliphatic carbocycles. The molecule has 0 aromatic rings. The third kappa shape index (κ3) is 27.2. The van der Waals surface area contributed by atoms with E-state index in [2.05, 4.69) is 39.8 Å². The Morgan fingerprint density at radius 2 is 1.00 bits per heavy atom. The normalized spacial score (nSPS) is 10.4. The van der Waals surface area contributed by atoms with Gasteiger partial charge in [0.25, 0.3) is 0 Å². The summed E-state index contributed by atoms with van der Waals surface area (Å²) in [5.74, 6) is 0. The van der Waals surface area contributed by atoms with Gasteiger partial charge in [0.2, 0.25) is 0 Å². The number of hydrogen-bond acceptors (Lipinski definition) is 1. The fourth-order valence-electron chi connectivity index (χ4n) is 1.92. The van der Waals surface area contributed by atoms with Gasteiger partial charge in [0.1, 0.15) is 0 Å². The highest BCUT2D eigenvalue weighted by Crippen LogP contribution is 2.10. The SMILES string of the molecule is CCCCCCCCCCCCN(C)C.[CH2]CCC. The third-order valence-corrected chi connectivity index (χ3v) is 3.31. The number of rotatable bonds is 12. The van der Waals surface area contributed by atoms with Crippen LogP contribution < -0.4 is 0 Å². The zero-order valence-electron chi connectivity index (χ0n) is 14.3.